The summed E-state index contributed by atoms with van der Waals surface area (Å²) in [6.45, 7) is 0.0180. The number of aliphatic hydroxyl groups excluding tert-OH is 2. The van der Waals surface area contributed by atoms with Gasteiger partial charge in [-0.1, -0.05) is 0 Å². The smallest absolute Gasteiger partial charge is 0.257 e. The van der Waals surface area contributed by atoms with E-state index in [1.54, 1.807) is 0 Å². The van der Waals surface area contributed by atoms with E-state index in [-0.39, 0.29) is 30.2 Å². The molecule has 1 aromatic carbocycles. The number of phenolic OH excluding ortho intramolecular Hbond substituents is 2. The predicted octanol–water partition coefficient (Wildman–Crippen LogP) is -0.725. The van der Waals surface area contributed by atoms with Crippen LogP contribution in [0.25, 0.3) is 0 Å². The molecule has 6 heteroatoms. The van der Waals surface area contributed by atoms with Crippen molar-refractivity contribution in [1.82, 2.24) is 4.90 Å². The van der Waals surface area contributed by atoms with E-state index in [2.05, 4.69) is 0 Å². The van der Waals surface area contributed by atoms with Crippen LogP contribution in [0.4, 0.5) is 0 Å². The Morgan fingerprint density at radius 2 is 1.76 bits per heavy atom. The Morgan fingerprint density at radius 1 is 1.18 bits per heavy atom. The molecule has 0 bridgehead atoms. The van der Waals surface area contributed by atoms with Crippen LogP contribution in [0.15, 0.2) is 18.2 Å². The molecule has 0 aromatic heterocycles. The lowest BCUT2D eigenvalue weighted by molar-refractivity contribution is 0.0572. The van der Waals surface area contributed by atoms with Crippen LogP contribution in [0, 0.1) is 0 Å². The average Bonchev–Trinajstić information content (AvgIpc) is 2.62. The van der Waals surface area contributed by atoms with Crippen molar-refractivity contribution in [2.45, 2.75) is 12.2 Å². The molecule has 6 nitrogen and oxygen atoms in total. The second-order valence-electron chi connectivity index (χ2n) is 4.05. The van der Waals surface area contributed by atoms with Crippen LogP contribution in [-0.4, -0.2) is 56.5 Å². The van der Waals surface area contributed by atoms with Gasteiger partial charge in [0.1, 0.15) is 11.5 Å². The summed E-state index contributed by atoms with van der Waals surface area (Å²) in [4.78, 5) is 13.2. The molecule has 2 rings (SSSR count). The monoisotopic (exact) mass is 239 g/mol. The van der Waals surface area contributed by atoms with Crippen molar-refractivity contribution in [3.05, 3.63) is 23.8 Å². The first-order valence-corrected chi connectivity index (χ1v) is 5.16. The van der Waals surface area contributed by atoms with Gasteiger partial charge in [0.2, 0.25) is 0 Å². The van der Waals surface area contributed by atoms with Gasteiger partial charge in [0.25, 0.3) is 5.91 Å². The Hall–Kier alpha value is -1.79. The van der Waals surface area contributed by atoms with E-state index in [4.69, 9.17) is 0 Å². The number of likely N-dealkylation sites (tertiary alicyclic amines) is 1. The highest BCUT2D eigenvalue weighted by Crippen LogP contribution is 2.25. The minimum atomic E-state index is -0.974. The number of amides is 1. The number of β-amino-alcohol motifs (C(OH)–C–C–N with tert-alkyl or cyclic N) is 2. The molecule has 92 valence electrons. The van der Waals surface area contributed by atoms with E-state index in [1.807, 2.05) is 0 Å². The molecule has 2 atom stereocenters. The summed E-state index contributed by atoms with van der Waals surface area (Å²) in [5.41, 5.74) is -0.0497. The highest BCUT2D eigenvalue weighted by molar-refractivity contribution is 5.97. The lowest BCUT2D eigenvalue weighted by atomic mass is 10.1. The lowest BCUT2D eigenvalue weighted by Gasteiger charge is -2.16. The van der Waals surface area contributed by atoms with E-state index in [0.29, 0.717) is 0 Å². The molecule has 1 aliphatic rings. The molecule has 17 heavy (non-hydrogen) atoms. The summed E-state index contributed by atoms with van der Waals surface area (Å²) in [5.74, 6) is -0.913. The van der Waals surface area contributed by atoms with Gasteiger partial charge in [0.05, 0.1) is 17.8 Å². The fourth-order valence-electron chi connectivity index (χ4n) is 1.80. The second-order valence-corrected chi connectivity index (χ2v) is 4.05. The highest BCUT2D eigenvalue weighted by atomic mass is 16.3. The van der Waals surface area contributed by atoms with Gasteiger partial charge in [-0.05, 0) is 18.2 Å². The largest absolute Gasteiger partial charge is 0.508 e. The second kappa shape index (κ2) is 4.23. The summed E-state index contributed by atoms with van der Waals surface area (Å²) < 4.78 is 0. The molecular weight excluding hydrogens is 226 g/mol. The third kappa shape index (κ3) is 2.17. The van der Waals surface area contributed by atoms with Crippen molar-refractivity contribution in [1.29, 1.82) is 0 Å². The summed E-state index contributed by atoms with van der Waals surface area (Å²) in [7, 11) is 0. The zero-order valence-corrected chi connectivity index (χ0v) is 8.95. The normalized spacial score (nSPS) is 24.0. The first kappa shape index (κ1) is 11.7. The number of phenols is 2. The highest BCUT2D eigenvalue weighted by Gasteiger charge is 2.33. The van der Waals surface area contributed by atoms with Crippen molar-refractivity contribution < 1.29 is 25.2 Å². The molecule has 4 N–H and O–H groups in total. The Morgan fingerprint density at radius 3 is 2.35 bits per heavy atom. The van der Waals surface area contributed by atoms with Crippen molar-refractivity contribution in [3.8, 4) is 11.5 Å². The Balaban J connectivity index is 2.23. The minimum Gasteiger partial charge on any atom is -0.508 e. The molecule has 1 aliphatic heterocycles. The summed E-state index contributed by atoms with van der Waals surface area (Å²) in [6, 6.07) is 3.63. The Kier molecular flexibility index (Phi) is 2.91. The Labute approximate surface area is 97.3 Å². The van der Waals surface area contributed by atoms with Crippen molar-refractivity contribution >= 4 is 5.91 Å². The lowest BCUT2D eigenvalue weighted by Crippen LogP contribution is -2.29. The number of hydrogen-bond donors (Lipinski definition) is 4. The van der Waals surface area contributed by atoms with Crippen LogP contribution in [0.5, 0.6) is 11.5 Å². The number of aliphatic hydroxyl groups is 2. The van der Waals surface area contributed by atoms with E-state index < -0.39 is 18.1 Å². The van der Waals surface area contributed by atoms with Gasteiger partial charge in [0, 0.05) is 13.1 Å². The molecule has 0 unspecified atom stereocenters. The number of aromatic hydroxyl groups is 2. The van der Waals surface area contributed by atoms with Crippen LogP contribution in [0.1, 0.15) is 10.4 Å². The van der Waals surface area contributed by atoms with Crippen molar-refractivity contribution in [3.63, 3.8) is 0 Å². The summed E-state index contributed by atoms with van der Waals surface area (Å²) >= 11 is 0. The summed E-state index contributed by atoms with van der Waals surface area (Å²) in [5, 5.41) is 37.4. The van der Waals surface area contributed by atoms with Crippen LogP contribution >= 0.6 is 0 Å². The number of hydrogen-bond acceptors (Lipinski definition) is 5. The maximum absolute atomic E-state index is 11.9. The molecule has 1 fully saturated rings. The van der Waals surface area contributed by atoms with Gasteiger partial charge < -0.3 is 25.3 Å². The minimum absolute atomic E-state index is 0.00902. The molecule has 0 saturated carbocycles. The Bertz CT molecular complexity index is 437. The fraction of sp³-hybridized carbons (Fsp3) is 0.364. The number of carbonyl (C=O) groups is 1. The quantitative estimate of drug-likeness (QED) is 0.484. The molecular formula is C11H13NO5. The number of benzene rings is 1. The average molecular weight is 239 g/mol. The predicted molar refractivity (Wildman–Crippen MR) is 57.7 cm³/mol. The zero-order valence-electron chi connectivity index (χ0n) is 8.95. The molecule has 0 radical (unpaired) electrons. The van der Waals surface area contributed by atoms with Gasteiger partial charge in [0.15, 0.2) is 0 Å². The molecule has 0 spiro atoms. The van der Waals surface area contributed by atoms with Gasteiger partial charge in [-0.3, -0.25) is 4.79 Å². The number of carbonyl (C=O) groups excluding carboxylic acids is 1. The standard InChI is InChI=1S/C11H13NO5/c13-6-1-2-8(14)7(3-6)11(17)12-4-9(15)10(16)5-12/h1-3,9-10,13-16H,4-5H2/t9-,10+. The fourth-order valence-corrected chi connectivity index (χ4v) is 1.80. The first-order chi connectivity index (χ1) is 7.99. The van der Waals surface area contributed by atoms with Crippen LogP contribution in [0.2, 0.25) is 0 Å². The maximum atomic E-state index is 11.9. The third-order valence-electron chi connectivity index (χ3n) is 2.76. The van der Waals surface area contributed by atoms with Gasteiger partial charge in [-0.25, -0.2) is 0 Å². The maximum Gasteiger partial charge on any atom is 0.257 e. The first-order valence-electron chi connectivity index (χ1n) is 5.16. The van der Waals surface area contributed by atoms with Crippen molar-refractivity contribution in [2.24, 2.45) is 0 Å². The van der Waals surface area contributed by atoms with E-state index in [1.165, 1.54) is 17.0 Å². The number of rotatable bonds is 1. The van der Waals surface area contributed by atoms with Crippen LogP contribution in [0.3, 0.4) is 0 Å². The van der Waals surface area contributed by atoms with Gasteiger partial charge in [-0.2, -0.15) is 0 Å². The molecule has 1 aromatic rings. The number of nitrogens with zero attached hydrogens (tertiary/aromatic N) is 1. The van der Waals surface area contributed by atoms with E-state index in [9.17, 15) is 25.2 Å². The molecule has 1 amide bonds. The molecule has 1 saturated heterocycles. The SMILES string of the molecule is O=C(c1cc(O)ccc1O)N1C[C@@H](O)[C@@H](O)C1. The van der Waals surface area contributed by atoms with Gasteiger partial charge >= 0.3 is 0 Å². The topological polar surface area (TPSA) is 101 Å². The van der Waals surface area contributed by atoms with E-state index >= 15 is 0 Å². The third-order valence-corrected chi connectivity index (χ3v) is 2.76. The summed E-state index contributed by atoms with van der Waals surface area (Å²) in [6.07, 6.45) is -1.95. The van der Waals surface area contributed by atoms with Crippen LogP contribution < -0.4 is 0 Å². The van der Waals surface area contributed by atoms with Crippen molar-refractivity contribution in [2.75, 3.05) is 13.1 Å². The van der Waals surface area contributed by atoms with Gasteiger partial charge in [-0.15, -0.1) is 0 Å². The zero-order chi connectivity index (χ0) is 12.6. The van der Waals surface area contributed by atoms with Crippen LogP contribution in [-0.2, 0) is 0 Å². The molecule has 0 aliphatic carbocycles. The molecule has 1 heterocycles. The van der Waals surface area contributed by atoms with E-state index in [0.717, 1.165) is 6.07 Å².